The average molecular weight is 257 g/mol. The van der Waals surface area contributed by atoms with Crippen LogP contribution in [-0.4, -0.2) is 16.2 Å². The number of hydrogen-bond donors (Lipinski definition) is 0. The van der Waals surface area contributed by atoms with E-state index in [1.807, 2.05) is 6.92 Å². The summed E-state index contributed by atoms with van der Waals surface area (Å²) in [7, 11) is 0. The van der Waals surface area contributed by atoms with Crippen molar-refractivity contribution in [3.63, 3.8) is 0 Å². The minimum Gasteiger partial charge on any atom is -0.359 e. The van der Waals surface area contributed by atoms with Crippen LogP contribution in [0.2, 0.25) is 0 Å². The number of anilines is 1. The largest absolute Gasteiger partial charge is 0.359 e. The van der Waals surface area contributed by atoms with Crippen molar-refractivity contribution < 1.29 is 4.52 Å². The Balaban J connectivity index is 1.87. The van der Waals surface area contributed by atoms with Gasteiger partial charge in [-0.25, -0.2) is 0 Å². The van der Waals surface area contributed by atoms with Crippen LogP contribution in [0.25, 0.3) is 0 Å². The maximum atomic E-state index is 5.32. The van der Waals surface area contributed by atoms with Crippen molar-refractivity contribution in [3.8, 4) is 0 Å². The minimum absolute atomic E-state index is 0.506. The Morgan fingerprint density at radius 3 is 3.00 bits per heavy atom. The molecule has 2 heterocycles. The number of para-hydroxylation sites is 1. The SMILES string of the molecule is CCc1noc(CN2c3ccccc3CC[C@H]2C)n1. The van der Waals surface area contributed by atoms with Crippen LogP contribution in [0.3, 0.4) is 0 Å². The molecule has 0 radical (unpaired) electrons. The number of aryl methyl sites for hydroxylation is 2. The van der Waals surface area contributed by atoms with Gasteiger partial charge in [-0.15, -0.1) is 0 Å². The van der Waals surface area contributed by atoms with Gasteiger partial charge in [0.25, 0.3) is 0 Å². The summed E-state index contributed by atoms with van der Waals surface area (Å²) in [6.07, 6.45) is 3.14. The number of hydrogen-bond acceptors (Lipinski definition) is 4. The van der Waals surface area contributed by atoms with Crippen molar-refractivity contribution in [2.24, 2.45) is 0 Å². The van der Waals surface area contributed by atoms with E-state index in [0.29, 0.717) is 18.5 Å². The molecule has 0 fully saturated rings. The molecule has 1 aromatic carbocycles. The Labute approximate surface area is 113 Å². The maximum Gasteiger partial charge on any atom is 0.246 e. The zero-order valence-electron chi connectivity index (χ0n) is 11.5. The topological polar surface area (TPSA) is 42.2 Å². The number of rotatable bonds is 3. The van der Waals surface area contributed by atoms with Crippen LogP contribution < -0.4 is 4.90 Å². The van der Waals surface area contributed by atoms with Gasteiger partial charge in [0.15, 0.2) is 5.82 Å². The monoisotopic (exact) mass is 257 g/mol. The van der Waals surface area contributed by atoms with Crippen LogP contribution in [-0.2, 0) is 19.4 Å². The molecule has 4 heteroatoms. The lowest BCUT2D eigenvalue weighted by atomic mass is 9.97. The van der Waals surface area contributed by atoms with Crippen molar-refractivity contribution in [2.75, 3.05) is 4.90 Å². The van der Waals surface area contributed by atoms with Gasteiger partial charge in [-0.2, -0.15) is 4.98 Å². The summed E-state index contributed by atoms with van der Waals surface area (Å²) in [5.41, 5.74) is 2.72. The molecule has 19 heavy (non-hydrogen) atoms. The summed E-state index contributed by atoms with van der Waals surface area (Å²) in [5.74, 6) is 1.49. The molecule has 0 spiro atoms. The third-order valence-electron chi connectivity index (χ3n) is 3.80. The molecule has 2 aromatic rings. The lowest BCUT2D eigenvalue weighted by Crippen LogP contribution is -2.36. The molecule has 0 aliphatic carbocycles. The van der Waals surface area contributed by atoms with Crippen molar-refractivity contribution in [2.45, 2.75) is 45.7 Å². The molecule has 1 aromatic heterocycles. The number of benzene rings is 1. The molecule has 100 valence electrons. The minimum atomic E-state index is 0.506. The van der Waals surface area contributed by atoms with Crippen molar-refractivity contribution in [3.05, 3.63) is 41.5 Å². The Morgan fingerprint density at radius 2 is 2.21 bits per heavy atom. The predicted octanol–water partition coefficient (Wildman–Crippen LogP) is 2.97. The quantitative estimate of drug-likeness (QED) is 0.847. The fourth-order valence-electron chi connectivity index (χ4n) is 2.64. The molecule has 3 rings (SSSR count). The lowest BCUT2D eigenvalue weighted by Gasteiger charge is -2.36. The van der Waals surface area contributed by atoms with Crippen LogP contribution in [0.4, 0.5) is 5.69 Å². The lowest BCUT2D eigenvalue weighted by molar-refractivity contribution is 0.365. The molecule has 1 aliphatic rings. The van der Waals surface area contributed by atoms with Crippen LogP contribution in [0.5, 0.6) is 0 Å². The highest BCUT2D eigenvalue weighted by Gasteiger charge is 2.24. The van der Waals surface area contributed by atoms with Crippen molar-refractivity contribution in [1.82, 2.24) is 10.1 Å². The highest BCUT2D eigenvalue weighted by molar-refractivity contribution is 5.56. The number of aromatic nitrogens is 2. The third kappa shape index (κ3) is 2.35. The van der Waals surface area contributed by atoms with Gasteiger partial charge >= 0.3 is 0 Å². The van der Waals surface area contributed by atoms with E-state index in [1.165, 1.54) is 17.7 Å². The van der Waals surface area contributed by atoms with Gasteiger partial charge in [-0.1, -0.05) is 30.3 Å². The second-order valence-electron chi connectivity index (χ2n) is 5.10. The van der Waals surface area contributed by atoms with Gasteiger partial charge in [0.1, 0.15) is 0 Å². The van der Waals surface area contributed by atoms with E-state index in [1.54, 1.807) is 0 Å². The van der Waals surface area contributed by atoms with Gasteiger partial charge < -0.3 is 9.42 Å². The molecule has 4 nitrogen and oxygen atoms in total. The van der Waals surface area contributed by atoms with E-state index >= 15 is 0 Å². The summed E-state index contributed by atoms with van der Waals surface area (Å²) < 4.78 is 5.32. The summed E-state index contributed by atoms with van der Waals surface area (Å²) in [6, 6.07) is 9.10. The number of nitrogens with zero attached hydrogens (tertiary/aromatic N) is 3. The maximum absolute atomic E-state index is 5.32. The first-order chi connectivity index (χ1) is 9.28. The van der Waals surface area contributed by atoms with E-state index in [2.05, 4.69) is 46.2 Å². The fourth-order valence-corrected chi connectivity index (χ4v) is 2.64. The zero-order valence-corrected chi connectivity index (χ0v) is 11.5. The standard InChI is InChI=1S/C15H19N3O/c1-3-14-16-15(19-17-14)10-18-11(2)8-9-12-6-4-5-7-13(12)18/h4-7,11H,3,8-10H2,1-2H3/t11-/m1/s1. The van der Waals surface area contributed by atoms with Crippen LogP contribution in [0.1, 0.15) is 37.5 Å². The van der Waals surface area contributed by atoms with Gasteiger partial charge in [0.2, 0.25) is 5.89 Å². The van der Waals surface area contributed by atoms with E-state index < -0.39 is 0 Å². The van der Waals surface area contributed by atoms with E-state index in [4.69, 9.17) is 4.52 Å². The summed E-state index contributed by atoms with van der Waals surface area (Å²) in [6.45, 7) is 4.99. The first kappa shape index (κ1) is 12.2. The van der Waals surface area contributed by atoms with E-state index in [-0.39, 0.29) is 0 Å². The van der Waals surface area contributed by atoms with E-state index in [9.17, 15) is 0 Å². The molecular formula is C15H19N3O. The van der Waals surface area contributed by atoms with Crippen molar-refractivity contribution >= 4 is 5.69 Å². The second kappa shape index (κ2) is 5.03. The fraction of sp³-hybridized carbons (Fsp3) is 0.467. The zero-order chi connectivity index (χ0) is 13.2. The van der Waals surface area contributed by atoms with Crippen molar-refractivity contribution in [1.29, 1.82) is 0 Å². The Morgan fingerprint density at radius 1 is 1.37 bits per heavy atom. The smallest absolute Gasteiger partial charge is 0.246 e. The van der Waals surface area contributed by atoms with Gasteiger partial charge in [0.05, 0.1) is 6.54 Å². The van der Waals surface area contributed by atoms with Crippen LogP contribution in [0.15, 0.2) is 28.8 Å². The molecular weight excluding hydrogens is 238 g/mol. The normalized spacial score (nSPS) is 18.4. The average Bonchev–Trinajstić information content (AvgIpc) is 2.90. The van der Waals surface area contributed by atoms with E-state index in [0.717, 1.165) is 18.7 Å². The molecule has 0 N–H and O–H groups in total. The molecule has 0 saturated carbocycles. The number of fused-ring (bicyclic) bond motifs is 1. The summed E-state index contributed by atoms with van der Waals surface area (Å²) in [5, 5.41) is 3.97. The van der Waals surface area contributed by atoms with Crippen LogP contribution in [0, 0.1) is 0 Å². The first-order valence-corrected chi connectivity index (χ1v) is 6.94. The molecule has 1 aliphatic heterocycles. The Kier molecular flexibility index (Phi) is 3.23. The molecule has 0 bridgehead atoms. The Hall–Kier alpha value is -1.84. The van der Waals surface area contributed by atoms with Gasteiger partial charge in [-0.3, -0.25) is 0 Å². The van der Waals surface area contributed by atoms with Gasteiger partial charge in [0, 0.05) is 18.2 Å². The molecule has 0 saturated heterocycles. The molecule has 1 atom stereocenters. The molecule has 0 unspecified atom stereocenters. The first-order valence-electron chi connectivity index (χ1n) is 6.94. The third-order valence-corrected chi connectivity index (χ3v) is 3.80. The Bertz CT molecular complexity index is 564. The highest BCUT2D eigenvalue weighted by atomic mass is 16.5. The van der Waals surface area contributed by atoms with Crippen LogP contribution >= 0.6 is 0 Å². The van der Waals surface area contributed by atoms with Gasteiger partial charge in [-0.05, 0) is 31.4 Å². The summed E-state index contributed by atoms with van der Waals surface area (Å²) >= 11 is 0. The highest BCUT2D eigenvalue weighted by Crippen LogP contribution is 2.31. The molecule has 0 amide bonds. The predicted molar refractivity (Wildman–Crippen MR) is 74.1 cm³/mol. The second-order valence-corrected chi connectivity index (χ2v) is 5.10. The summed E-state index contributed by atoms with van der Waals surface area (Å²) in [4.78, 5) is 6.78.